The van der Waals surface area contributed by atoms with Crippen LogP contribution in [0, 0.1) is 6.92 Å². The van der Waals surface area contributed by atoms with E-state index in [1.165, 1.54) is 0 Å². The van der Waals surface area contributed by atoms with Crippen molar-refractivity contribution < 1.29 is 4.79 Å². The first kappa shape index (κ1) is 15.1. The van der Waals surface area contributed by atoms with Gasteiger partial charge in [0.05, 0.1) is 5.39 Å². The maximum Gasteiger partial charge on any atom is 0.240 e. The maximum atomic E-state index is 11.8. The molecule has 0 saturated carbocycles. The van der Waals surface area contributed by atoms with Gasteiger partial charge in [-0.15, -0.1) is 11.3 Å². The number of nitrogens with two attached hydrogens (primary N) is 1. The second-order valence-electron chi connectivity index (χ2n) is 6.04. The summed E-state index contributed by atoms with van der Waals surface area (Å²) in [5.74, 6) is 1.27. The number of hydrogen-bond acceptors (Lipinski definition) is 5. The minimum atomic E-state index is -0.282. The van der Waals surface area contributed by atoms with Gasteiger partial charge in [-0.3, -0.25) is 4.79 Å². The van der Waals surface area contributed by atoms with Crippen LogP contribution in [0.25, 0.3) is 20.7 Å². The third-order valence-electron chi connectivity index (χ3n) is 4.40. The number of carbonyl (C=O) groups is 1. The Kier molecular flexibility index (Phi) is 3.69. The number of thiophene rings is 1. The minimum Gasteiger partial charge on any atom is -0.368 e. The van der Waals surface area contributed by atoms with Gasteiger partial charge in [0.2, 0.25) is 5.91 Å². The molecule has 1 aromatic carbocycles. The van der Waals surface area contributed by atoms with Crippen LogP contribution in [-0.4, -0.2) is 28.5 Å². The molecule has 0 bridgehead atoms. The molecule has 1 saturated heterocycles. The van der Waals surface area contributed by atoms with E-state index in [9.17, 15) is 4.79 Å². The van der Waals surface area contributed by atoms with Crippen molar-refractivity contribution >= 4 is 33.3 Å². The van der Waals surface area contributed by atoms with Crippen LogP contribution in [0.3, 0.4) is 0 Å². The van der Waals surface area contributed by atoms with Gasteiger partial charge in [0, 0.05) is 11.4 Å². The van der Waals surface area contributed by atoms with Crippen LogP contribution in [-0.2, 0) is 4.79 Å². The fourth-order valence-corrected chi connectivity index (χ4v) is 4.37. The van der Waals surface area contributed by atoms with Gasteiger partial charge in [-0.05, 0) is 31.4 Å². The van der Waals surface area contributed by atoms with Crippen LogP contribution in [0.2, 0.25) is 0 Å². The predicted octanol–water partition coefficient (Wildman–Crippen LogP) is 3.12. The number of aromatic nitrogens is 2. The second-order valence-corrected chi connectivity index (χ2v) is 7.07. The van der Waals surface area contributed by atoms with E-state index in [1.807, 2.05) is 30.0 Å². The van der Waals surface area contributed by atoms with E-state index in [4.69, 9.17) is 5.73 Å². The zero-order valence-electron chi connectivity index (χ0n) is 13.4. The molecule has 1 aliphatic rings. The zero-order valence-corrected chi connectivity index (χ0v) is 14.2. The van der Waals surface area contributed by atoms with Crippen molar-refractivity contribution in [3.05, 3.63) is 42.2 Å². The van der Waals surface area contributed by atoms with Gasteiger partial charge < -0.3 is 10.6 Å². The number of carbonyl (C=O) groups excluding carboxylic acids is 1. The Bertz CT molecular complexity index is 906. The molecule has 4 rings (SSSR count). The topological polar surface area (TPSA) is 72.1 Å². The molecule has 0 radical (unpaired) electrons. The van der Waals surface area contributed by atoms with Crippen molar-refractivity contribution in [2.24, 2.45) is 5.73 Å². The molecule has 5 nitrogen and oxygen atoms in total. The molecule has 0 aliphatic carbocycles. The first-order chi connectivity index (χ1) is 11.6. The minimum absolute atomic E-state index is 0.275. The second kappa shape index (κ2) is 5.87. The number of aryl methyl sites for hydroxylation is 1. The highest BCUT2D eigenvalue weighted by Gasteiger charge is 2.31. The summed E-state index contributed by atoms with van der Waals surface area (Å²) in [4.78, 5) is 25.1. The molecule has 2 N–H and O–H groups in total. The van der Waals surface area contributed by atoms with Crippen molar-refractivity contribution in [1.82, 2.24) is 9.97 Å². The van der Waals surface area contributed by atoms with Gasteiger partial charge in [-0.25, -0.2) is 9.97 Å². The first-order valence-electron chi connectivity index (χ1n) is 8.03. The van der Waals surface area contributed by atoms with E-state index in [1.54, 1.807) is 11.3 Å². The fraction of sp³-hybridized carbons (Fsp3) is 0.278. The Hall–Kier alpha value is -2.47. The largest absolute Gasteiger partial charge is 0.368 e. The van der Waals surface area contributed by atoms with E-state index < -0.39 is 0 Å². The summed E-state index contributed by atoms with van der Waals surface area (Å²) < 4.78 is 0. The molecule has 1 fully saturated rings. The van der Waals surface area contributed by atoms with Crippen molar-refractivity contribution in [2.45, 2.75) is 25.8 Å². The Labute approximate surface area is 144 Å². The molecule has 2 aromatic heterocycles. The lowest BCUT2D eigenvalue weighted by atomic mass is 10.1. The van der Waals surface area contributed by atoms with Gasteiger partial charge in [-0.2, -0.15) is 0 Å². The number of fused-ring (bicyclic) bond motifs is 1. The Morgan fingerprint density at radius 3 is 2.83 bits per heavy atom. The third kappa shape index (κ3) is 2.53. The fourth-order valence-electron chi connectivity index (χ4n) is 3.29. The van der Waals surface area contributed by atoms with Crippen LogP contribution in [0.4, 0.5) is 5.82 Å². The lowest BCUT2D eigenvalue weighted by Gasteiger charge is -2.24. The molecule has 24 heavy (non-hydrogen) atoms. The molecular formula is C18H18N4OS. The third-order valence-corrected chi connectivity index (χ3v) is 5.47. The van der Waals surface area contributed by atoms with E-state index in [0.29, 0.717) is 5.82 Å². The highest BCUT2D eigenvalue weighted by atomic mass is 32.1. The molecule has 0 unspecified atom stereocenters. The van der Waals surface area contributed by atoms with E-state index in [-0.39, 0.29) is 11.9 Å². The summed E-state index contributed by atoms with van der Waals surface area (Å²) in [7, 11) is 0. The molecule has 3 aromatic rings. The van der Waals surface area contributed by atoms with Crippen LogP contribution >= 0.6 is 11.3 Å². The standard InChI is InChI=1S/C18H18N4OS/c1-11-20-17(22-9-5-8-14(22)16(19)23)13-10-15(24-18(13)21-11)12-6-3-2-4-7-12/h2-4,6-7,10,14H,5,8-9H2,1H3,(H2,19,23)/t14-/m0/s1. The van der Waals surface area contributed by atoms with E-state index in [2.05, 4.69) is 28.2 Å². The number of anilines is 1. The summed E-state index contributed by atoms with van der Waals surface area (Å²) in [5.41, 5.74) is 6.75. The average molecular weight is 338 g/mol. The number of hydrogen-bond donors (Lipinski definition) is 1. The molecule has 122 valence electrons. The lowest BCUT2D eigenvalue weighted by Crippen LogP contribution is -2.40. The molecular weight excluding hydrogens is 320 g/mol. The SMILES string of the molecule is Cc1nc(N2CCC[C@H]2C(N)=O)c2cc(-c3ccccc3)sc2n1. The van der Waals surface area contributed by atoms with Crippen molar-refractivity contribution in [3.63, 3.8) is 0 Å². The molecule has 6 heteroatoms. The first-order valence-corrected chi connectivity index (χ1v) is 8.84. The molecule has 1 atom stereocenters. The summed E-state index contributed by atoms with van der Waals surface area (Å²) >= 11 is 1.65. The van der Waals surface area contributed by atoms with Gasteiger partial charge in [0.1, 0.15) is 22.5 Å². The predicted molar refractivity (Wildman–Crippen MR) is 97.2 cm³/mol. The van der Waals surface area contributed by atoms with Crippen LogP contribution in [0.5, 0.6) is 0 Å². The number of rotatable bonds is 3. The van der Waals surface area contributed by atoms with Crippen LogP contribution in [0.1, 0.15) is 18.7 Å². The zero-order chi connectivity index (χ0) is 16.7. The maximum absolute atomic E-state index is 11.8. The van der Waals surface area contributed by atoms with E-state index in [0.717, 1.165) is 45.9 Å². The highest BCUT2D eigenvalue weighted by molar-refractivity contribution is 7.21. The summed E-state index contributed by atoms with van der Waals surface area (Å²) in [5, 5.41) is 0.998. The van der Waals surface area contributed by atoms with Crippen LogP contribution < -0.4 is 10.6 Å². The van der Waals surface area contributed by atoms with Gasteiger partial charge >= 0.3 is 0 Å². The molecule has 1 aliphatic heterocycles. The summed E-state index contributed by atoms with van der Waals surface area (Å²) in [6, 6.07) is 12.1. The van der Waals surface area contributed by atoms with Gasteiger partial charge in [-0.1, -0.05) is 30.3 Å². The number of nitrogens with zero attached hydrogens (tertiary/aromatic N) is 3. The molecule has 3 heterocycles. The van der Waals surface area contributed by atoms with Crippen molar-refractivity contribution in [2.75, 3.05) is 11.4 Å². The molecule has 1 amide bonds. The number of benzene rings is 1. The monoisotopic (exact) mass is 338 g/mol. The normalized spacial score (nSPS) is 17.5. The van der Waals surface area contributed by atoms with Gasteiger partial charge in [0.25, 0.3) is 0 Å². The quantitative estimate of drug-likeness (QED) is 0.796. The van der Waals surface area contributed by atoms with Crippen LogP contribution in [0.15, 0.2) is 36.4 Å². The lowest BCUT2D eigenvalue weighted by molar-refractivity contribution is -0.119. The van der Waals surface area contributed by atoms with Crippen molar-refractivity contribution in [3.8, 4) is 10.4 Å². The number of primary amides is 1. The molecule has 0 spiro atoms. The Balaban J connectivity index is 1.86. The Morgan fingerprint density at radius 1 is 1.29 bits per heavy atom. The summed E-state index contributed by atoms with van der Waals surface area (Å²) in [6.07, 6.45) is 1.74. The smallest absolute Gasteiger partial charge is 0.240 e. The Morgan fingerprint density at radius 2 is 2.08 bits per heavy atom. The van der Waals surface area contributed by atoms with Gasteiger partial charge in [0.15, 0.2) is 0 Å². The summed E-state index contributed by atoms with van der Waals surface area (Å²) in [6.45, 7) is 2.69. The highest BCUT2D eigenvalue weighted by Crippen LogP contribution is 2.38. The number of amides is 1. The van der Waals surface area contributed by atoms with E-state index >= 15 is 0 Å². The van der Waals surface area contributed by atoms with Crippen molar-refractivity contribution in [1.29, 1.82) is 0 Å². The average Bonchev–Trinajstić information content (AvgIpc) is 3.21.